The monoisotopic (exact) mass is 506 g/mol. The number of ketones is 1. The van der Waals surface area contributed by atoms with E-state index in [9.17, 15) is 14.4 Å². The lowest BCUT2D eigenvalue weighted by molar-refractivity contribution is -0.135. The van der Waals surface area contributed by atoms with Crippen LogP contribution in [-0.4, -0.2) is 73.4 Å². The first-order chi connectivity index (χ1) is 18.0. The van der Waals surface area contributed by atoms with E-state index in [-0.39, 0.29) is 35.6 Å². The molecule has 198 valence electrons. The normalized spacial score (nSPS) is 24.2. The van der Waals surface area contributed by atoms with E-state index in [1.165, 1.54) is 0 Å². The van der Waals surface area contributed by atoms with Gasteiger partial charge in [-0.3, -0.25) is 19.3 Å². The molecule has 2 heterocycles. The number of hydrogen-bond acceptors (Lipinski definition) is 6. The zero-order chi connectivity index (χ0) is 25.8. The third-order valence-electron chi connectivity index (χ3n) is 8.01. The summed E-state index contributed by atoms with van der Waals surface area (Å²) in [4.78, 5) is 43.2. The van der Waals surface area contributed by atoms with E-state index in [1.807, 2.05) is 41.3 Å². The standard InChI is InChI=1S/C29H38N4O4/c1-37-23-11-9-21(10-12-23)28(35)22-13-15-32(16-14-22)19-27(34)33(17-20-7-8-20)18-26-30-25-6-4-2-3-5-24(25)29(36)31-26/h2,4,6,9-12,20,22,24,26,30H,3,5,7-8,13-19H2,1H3,(H,31,36). The molecule has 0 radical (unpaired) electrons. The summed E-state index contributed by atoms with van der Waals surface area (Å²) in [6, 6.07) is 7.30. The minimum Gasteiger partial charge on any atom is -0.497 e. The van der Waals surface area contributed by atoms with E-state index in [2.05, 4.69) is 21.6 Å². The number of methoxy groups -OCH3 is 1. The molecule has 2 atom stereocenters. The number of Topliss-reactive ketones (excluding diaryl/α,β-unsaturated/α-hetero) is 1. The van der Waals surface area contributed by atoms with Gasteiger partial charge in [0.25, 0.3) is 0 Å². The van der Waals surface area contributed by atoms with Crippen LogP contribution in [0.25, 0.3) is 0 Å². The van der Waals surface area contributed by atoms with Gasteiger partial charge in [0.05, 0.1) is 26.1 Å². The highest BCUT2D eigenvalue weighted by molar-refractivity contribution is 5.98. The maximum absolute atomic E-state index is 13.4. The van der Waals surface area contributed by atoms with E-state index < -0.39 is 0 Å². The summed E-state index contributed by atoms with van der Waals surface area (Å²) in [5.74, 6) is 1.46. The van der Waals surface area contributed by atoms with Crippen molar-refractivity contribution in [1.29, 1.82) is 0 Å². The van der Waals surface area contributed by atoms with Gasteiger partial charge in [-0.2, -0.15) is 0 Å². The largest absolute Gasteiger partial charge is 0.497 e. The van der Waals surface area contributed by atoms with Gasteiger partial charge < -0.3 is 20.3 Å². The molecule has 0 spiro atoms. The van der Waals surface area contributed by atoms with Crippen LogP contribution in [0.1, 0.15) is 48.9 Å². The molecule has 37 heavy (non-hydrogen) atoms. The molecular formula is C29H38N4O4. The average molecular weight is 507 g/mol. The fourth-order valence-corrected chi connectivity index (χ4v) is 5.57. The Morgan fingerprint density at radius 1 is 1.03 bits per heavy atom. The van der Waals surface area contributed by atoms with Crippen LogP contribution in [0.4, 0.5) is 0 Å². The Bertz CT molecular complexity index is 1050. The molecule has 4 aliphatic rings. The first-order valence-electron chi connectivity index (χ1n) is 13.6. The Labute approximate surface area is 219 Å². The summed E-state index contributed by atoms with van der Waals surface area (Å²) >= 11 is 0. The first kappa shape index (κ1) is 25.5. The second kappa shape index (κ2) is 11.5. The zero-order valence-electron chi connectivity index (χ0n) is 21.7. The third kappa shape index (κ3) is 6.42. The number of hydrogen-bond donors (Lipinski definition) is 2. The molecule has 1 saturated carbocycles. The number of nitrogens with one attached hydrogen (secondary N) is 2. The Hall–Kier alpha value is -3.13. The minimum absolute atomic E-state index is 0.0150. The van der Waals surface area contributed by atoms with Crippen molar-refractivity contribution in [3.05, 3.63) is 53.8 Å². The second-order valence-corrected chi connectivity index (χ2v) is 10.8. The second-order valence-electron chi connectivity index (χ2n) is 10.8. The van der Waals surface area contributed by atoms with E-state index in [4.69, 9.17) is 4.74 Å². The van der Waals surface area contributed by atoms with Gasteiger partial charge in [0.1, 0.15) is 11.9 Å². The van der Waals surface area contributed by atoms with Crippen molar-refractivity contribution in [3.63, 3.8) is 0 Å². The van der Waals surface area contributed by atoms with Crippen molar-refractivity contribution >= 4 is 17.6 Å². The highest BCUT2D eigenvalue weighted by atomic mass is 16.5. The van der Waals surface area contributed by atoms with E-state index in [0.29, 0.717) is 19.0 Å². The Morgan fingerprint density at radius 2 is 1.78 bits per heavy atom. The maximum Gasteiger partial charge on any atom is 0.236 e. The molecule has 5 rings (SSSR count). The summed E-state index contributed by atoms with van der Waals surface area (Å²) in [5, 5.41) is 6.57. The van der Waals surface area contributed by atoms with Gasteiger partial charge in [0.2, 0.25) is 11.8 Å². The van der Waals surface area contributed by atoms with Crippen molar-refractivity contribution in [2.45, 2.75) is 44.7 Å². The fourth-order valence-electron chi connectivity index (χ4n) is 5.57. The van der Waals surface area contributed by atoms with Crippen molar-refractivity contribution in [3.8, 4) is 5.75 Å². The molecule has 2 aliphatic heterocycles. The molecule has 2 amide bonds. The van der Waals surface area contributed by atoms with E-state index in [1.54, 1.807) is 7.11 Å². The summed E-state index contributed by atoms with van der Waals surface area (Å²) < 4.78 is 5.19. The predicted molar refractivity (Wildman–Crippen MR) is 141 cm³/mol. The van der Waals surface area contributed by atoms with Crippen LogP contribution in [0.3, 0.4) is 0 Å². The quantitative estimate of drug-likeness (QED) is 0.501. The van der Waals surface area contributed by atoms with Gasteiger partial charge >= 0.3 is 0 Å². The van der Waals surface area contributed by atoms with Gasteiger partial charge in [0, 0.05) is 23.7 Å². The Morgan fingerprint density at radius 3 is 2.49 bits per heavy atom. The molecule has 8 nitrogen and oxygen atoms in total. The number of likely N-dealkylation sites (tertiary alicyclic amines) is 1. The third-order valence-corrected chi connectivity index (χ3v) is 8.01. The Kier molecular flexibility index (Phi) is 7.93. The highest BCUT2D eigenvalue weighted by Crippen LogP contribution is 2.30. The predicted octanol–water partition coefficient (Wildman–Crippen LogP) is 2.72. The highest BCUT2D eigenvalue weighted by Gasteiger charge is 2.35. The smallest absolute Gasteiger partial charge is 0.236 e. The van der Waals surface area contributed by atoms with Crippen molar-refractivity contribution < 1.29 is 19.1 Å². The summed E-state index contributed by atoms with van der Waals surface area (Å²) in [6.45, 7) is 3.01. The first-order valence-corrected chi connectivity index (χ1v) is 13.6. The number of nitrogens with zero attached hydrogens (tertiary/aromatic N) is 2. The van der Waals surface area contributed by atoms with Gasteiger partial charge in [-0.25, -0.2) is 0 Å². The van der Waals surface area contributed by atoms with Crippen LogP contribution in [0.15, 0.2) is 48.2 Å². The van der Waals surface area contributed by atoms with Gasteiger partial charge in [-0.05, 0) is 87.9 Å². The summed E-state index contributed by atoms with van der Waals surface area (Å²) in [5.41, 5.74) is 1.67. The lowest BCUT2D eigenvalue weighted by Crippen LogP contribution is -2.60. The number of ether oxygens (including phenoxy) is 1. The number of piperidine rings is 1. The molecule has 3 fully saturated rings. The lowest BCUT2D eigenvalue weighted by Gasteiger charge is -2.37. The van der Waals surface area contributed by atoms with Crippen molar-refractivity contribution in [2.75, 3.05) is 39.8 Å². The maximum atomic E-state index is 13.4. The molecule has 2 saturated heterocycles. The van der Waals surface area contributed by atoms with Crippen LogP contribution in [0.5, 0.6) is 5.75 Å². The van der Waals surface area contributed by atoms with Crippen LogP contribution in [-0.2, 0) is 9.59 Å². The fraction of sp³-hybridized carbons (Fsp3) is 0.552. The molecule has 0 aromatic heterocycles. The van der Waals surface area contributed by atoms with E-state index >= 15 is 0 Å². The topological polar surface area (TPSA) is 91.0 Å². The van der Waals surface area contributed by atoms with E-state index in [0.717, 1.165) is 75.2 Å². The average Bonchev–Trinajstić information content (AvgIpc) is 3.75. The molecule has 2 unspecified atom stereocenters. The van der Waals surface area contributed by atoms with Crippen LogP contribution in [0, 0.1) is 17.8 Å². The minimum atomic E-state index is -0.281. The van der Waals surface area contributed by atoms with Crippen molar-refractivity contribution in [1.82, 2.24) is 20.4 Å². The zero-order valence-corrected chi connectivity index (χ0v) is 21.7. The van der Waals surface area contributed by atoms with Gasteiger partial charge in [0.15, 0.2) is 5.78 Å². The molecule has 2 N–H and O–H groups in total. The SMILES string of the molecule is COc1ccc(C(=O)C2CCN(CC(=O)N(CC3CC3)CC3NC(=O)C4CCC=CC=C4N3)CC2)cc1. The summed E-state index contributed by atoms with van der Waals surface area (Å²) in [6.07, 6.45) is 11.3. The molecule has 1 aromatic carbocycles. The number of rotatable bonds is 9. The number of carbonyl (C=O) groups is 3. The number of carbonyl (C=O) groups excluding carboxylic acids is 3. The van der Waals surface area contributed by atoms with Crippen LogP contribution >= 0.6 is 0 Å². The molecule has 1 aromatic rings. The number of fused-ring (bicyclic) bond motifs is 1. The van der Waals surface area contributed by atoms with Gasteiger partial charge in [-0.15, -0.1) is 0 Å². The lowest BCUT2D eigenvalue weighted by atomic mass is 9.89. The number of benzene rings is 1. The molecule has 0 bridgehead atoms. The molecule has 8 heteroatoms. The molecular weight excluding hydrogens is 468 g/mol. The van der Waals surface area contributed by atoms with Crippen LogP contribution in [0.2, 0.25) is 0 Å². The Balaban J connectivity index is 1.14. The van der Waals surface area contributed by atoms with Crippen LogP contribution < -0.4 is 15.4 Å². The summed E-state index contributed by atoms with van der Waals surface area (Å²) in [7, 11) is 1.61. The number of allylic oxidation sites excluding steroid dienone is 3. The van der Waals surface area contributed by atoms with Gasteiger partial charge in [-0.1, -0.05) is 12.2 Å². The number of amides is 2. The molecule has 2 aliphatic carbocycles. The van der Waals surface area contributed by atoms with Crippen molar-refractivity contribution in [2.24, 2.45) is 17.8 Å².